The standard InChI is InChI=1S/C27H43NO3/c1-7-26(5)19-24(30-25(29)23-17-13-10-14-18-23)20(3)27(6,8-2)28(26)31-21(4)22-15-11-9-12-16-22/h9,11-12,15-16,20-21,23-24H,7-8,10,13-14,17-19H2,1-6H3. The predicted molar refractivity (Wildman–Crippen MR) is 125 cm³/mol. The highest BCUT2D eigenvalue weighted by Crippen LogP contribution is 2.48. The van der Waals surface area contributed by atoms with E-state index in [0.29, 0.717) is 0 Å². The SMILES string of the molecule is CCC1(C)CC(OC(=O)C2CCCCC2)C(C)C(C)(CC)N1OC(C)c1ccccc1. The maximum Gasteiger partial charge on any atom is 0.309 e. The van der Waals surface area contributed by atoms with Gasteiger partial charge >= 0.3 is 5.97 Å². The lowest BCUT2D eigenvalue weighted by molar-refractivity contribution is -0.336. The summed E-state index contributed by atoms with van der Waals surface area (Å²) in [4.78, 5) is 19.7. The molecule has 31 heavy (non-hydrogen) atoms. The smallest absolute Gasteiger partial charge is 0.309 e. The van der Waals surface area contributed by atoms with Crippen LogP contribution in [0.2, 0.25) is 0 Å². The summed E-state index contributed by atoms with van der Waals surface area (Å²) in [6.45, 7) is 13.4. The Labute approximate surface area is 189 Å². The van der Waals surface area contributed by atoms with Crippen LogP contribution in [0.15, 0.2) is 30.3 Å². The molecule has 5 unspecified atom stereocenters. The molecule has 2 fully saturated rings. The van der Waals surface area contributed by atoms with Gasteiger partial charge in [0.25, 0.3) is 0 Å². The molecule has 0 aromatic heterocycles. The molecule has 0 spiro atoms. The van der Waals surface area contributed by atoms with Crippen molar-refractivity contribution in [2.75, 3.05) is 0 Å². The van der Waals surface area contributed by atoms with E-state index >= 15 is 0 Å². The topological polar surface area (TPSA) is 38.8 Å². The van der Waals surface area contributed by atoms with Crippen LogP contribution < -0.4 is 0 Å². The minimum atomic E-state index is -0.219. The summed E-state index contributed by atoms with van der Waals surface area (Å²) in [6, 6.07) is 10.4. The molecule has 4 heteroatoms. The van der Waals surface area contributed by atoms with Crippen molar-refractivity contribution >= 4 is 5.97 Å². The average Bonchev–Trinajstić information content (AvgIpc) is 2.81. The molecule has 0 amide bonds. The van der Waals surface area contributed by atoms with E-state index in [9.17, 15) is 4.79 Å². The lowest BCUT2D eigenvalue weighted by Crippen LogP contribution is -2.68. The van der Waals surface area contributed by atoms with Gasteiger partial charge in [0.05, 0.1) is 5.92 Å². The highest BCUT2D eigenvalue weighted by Gasteiger charge is 2.55. The number of hydroxylamine groups is 2. The second kappa shape index (κ2) is 10.0. The Hall–Kier alpha value is -1.39. The normalized spacial score (nSPS) is 33.7. The number of nitrogens with zero attached hydrogens (tertiary/aromatic N) is 1. The molecule has 1 saturated carbocycles. The summed E-state index contributed by atoms with van der Waals surface area (Å²) in [5.74, 6) is 0.308. The summed E-state index contributed by atoms with van der Waals surface area (Å²) in [6.07, 6.45) is 8.09. The first-order chi connectivity index (χ1) is 14.7. The van der Waals surface area contributed by atoms with Gasteiger partial charge in [0.1, 0.15) is 12.2 Å². The Morgan fingerprint density at radius 3 is 2.32 bits per heavy atom. The second-order valence-electron chi connectivity index (χ2n) is 10.3. The second-order valence-corrected chi connectivity index (χ2v) is 10.3. The summed E-state index contributed by atoms with van der Waals surface area (Å²) in [7, 11) is 0. The molecule has 1 aromatic carbocycles. The van der Waals surface area contributed by atoms with Crippen LogP contribution in [0, 0.1) is 11.8 Å². The van der Waals surface area contributed by atoms with Crippen molar-refractivity contribution in [3.05, 3.63) is 35.9 Å². The first-order valence-electron chi connectivity index (χ1n) is 12.5. The summed E-state index contributed by atoms with van der Waals surface area (Å²) >= 11 is 0. The minimum absolute atomic E-state index is 0.0282. The molecule has 5 atom stereocenters. The van der Waals surface area contributed by atoms with Gasteiger partial charge in [0, 0.05) is 23.4 Å². The number of piperidine rings is 1. The third kappa shape index (κ3) is 5.01. The molecule has 1 aromatic rings. The highest BCUT2D eigenvalue weighted by atomic mass is 16.7. The quantitative estimate of drug-likeness (QED) is 0.444. The van der Waals surface area contributed by atoms with Crippen molar-refractivity contribution in [3.63, 3.8) is 0 Å². The van der Waals surface area contributed by atoms with Crippen LogP contribution in [0.5, 0.6) is 0 Å². The van der Waals surface area contributed by atoms with Gasteiger partial charge in [-0.3, -0.25) is 9.63 Å². The molecule has 0 bridgehead atoms. The third-order valence-electron chi connectivity index (χ3n) is 8.35. The van der Waals surface area contributed by atoms with Gasteiger partial charge in [-0.05, 0) is 52.0 Å². The molecule has 1 saturated heterocycles. The zero-order chi connectivity index (χ0) is 22.6. The van der Waals surface area contributed by atoms with Crippen molar-refractivity contribution in [2.24, 2.45) is 11.8 Å². The molecular weight excluding hydrogens is 386 g/mol. The van der Waals surface area contributed by atoms with E-state index in [1.54, 1.807) is 0 Å². The van der Waals surface area contributed by atoms with Gasteiger partial charge in [0.15, 0.2) is 0 Å². The van der Waals surface area contributed by atoms with Gasteiger partial charge in [-0.1, -0.05) is 70.4 Å². The van der Waals surface area contributed by atoms with E-state index < -0.39 is 0 Å². The summed E-state index contributed by atoms with van der Waals surface area (Å²) < 4.78 is 6.25. The summed E-state index contributed by atoms with van der Waals surface area (Å²) in [5.41, 5.74) is 0.763. The van der Waals surface area contributed by atoms with E-state index in [1.165, 1.54) is 12.0 Å². The Morgan fingerprint density at radius 1 is 1.10 bits per heavy atom. The van der Waals surface area contributed by atoms with Crippen molar-refractivity contribution in [1.29, 1.82) is 0 Å². The number of esters is 1. The number of carbonyl (C=O) groups is 1. The molecule has 0 radical (unpaired) electrons. The Morgan fingerprint density at radius 2 is 1.74 bits per heavy atom. The molecule has 1 heterocycles. The van der Waals surface area contributed by atoms with Crippen LogP contribution in [0.4, 0.5) is 0 Å². The number of rotatable bonds is 7. The molecule has 1 aliphatic heterocycles. The number of ether oxygens (including phenoxy) is 1. The van der Waals surface area contributed by atoms with E-state index in [-0.39, 0.29) is 41.1 Å². The van der Waals surface area contributed by atoms with Gasteiger partial charge < -0.3 is 4.74 Å². The number of hydrogen-bond donors (Lipinski definition) is 0. The van der Waals surface area contributed by atoms with Gasteiger partial charge in [-0.2, -0.15) is 5.06 Å². The maximum absolute atomic E-state index is 13.0. The zero-order valence-electron chi connectivity index (χ0n) is 20.5. The largest absolute Gasteiger partial charge is 0.462 e. The Balaban J connectivity index is 1.82. The first kappa shape index (κ1) is 24.3. The van der Waals surface area contributed by atoms with Crippen LogP contribution >= 0.6 is 0 Å². The van der Waals surface area contributed by atoms with Crippen LogP contribution in [0.25, 0.3) is 0 Å². The molecule has 1 aliphatic carbocycles. The molecule has 0 N–H and O–H groups in total. The van der Waals surface area contributed by atoms with Crippen molar-refractivity contribution in [3.8, 4) is 0 Å². The lowest BCUT2D eigenvalue weighted by Gasteiger charge is -2.59. The van der Waals surface area contributed by atoms with Crippen molar-refractivity contribution in [1.82, 2.24) is 5.06 Å². The van der Waals surface area contributed by atoms with Gasteiger partial charge in [0.2, 0.25) is 0 Å². The molecule has 174 valence electrons. The fourth-order valence-electron chi connectivity index (χ4n) is 5.57. The molecule has 4 nitrogen and oxygen atoms in total. The maximum atomic E-state index is 13.0. The van der Waals surface area contributed by atoms with Crippen LogP contribution in [0.3, 0.4) is 0 Å². The van der Waals surface area contributed by atoms with E-state index in [2.05, 4.69) is 70.9 Å². The van der Waals surface area contributed by atoms with Gasteiger partial charge in [-0.25, -0.2) is 0 Å². The van der Waals surface area contributed by atoms with E-state index in [0.717, 1.165) is 44.9 Å². The number of benzene rings is 1. The zero-order valence-corrected chi connectivity index (χ0v) is 20.5. The van der Waals surface area contributed by atoms with E-state index in [4.69, 9.17) is 9.57 Å². The highest BCUT2D eigenvalue weighted by molar-refractivity contribution is 5.72. The minimum Gasteiger partial charge on any atom is -0.462 e. The summed E-state index contributed by atoms with van der Waals surface area (Å²) in [5, 5.41) is 2.27. The Bertz CT molecular complexity index is 716. The van der Waals surface area contributed by atoms with Gasteiger partial charge in [-0.15, -0.1) is 0 Å². The first-order valence-corrected chi connectivity index (χ1v) is 12.5. The van der Waals surface area contributed by atoms with Crippen LogP contribution in [-0.2, 0) is 14.4 Å². The fraction of sp³-hybridized carbons (Fsp3) is 0.741. The molecule has 3 rings (SSSR count). The lowest BCUT2D eigenvalue weighted by atomic mass is 9.69. The van der Waals surface area contributed by atoms with E-state index in [1.807, 2.05) is 6.07 Å². The van der Waals surface area contributed by atoms with Crippen LogP contribution in [-0.4, -0.2) is 28.2 Å². The molecular formula is C27H43NO3. The van der Waals surface area contributed by atoms with Crippen molar-refractivity contribution in [2.45, 2.75) is 116 Å². The Kier molecular flexibility index (Phi) is 7.86. The van der Waals surface area contributed by atoms with Crippen LogP contribution in [0.1, 0.15) is 105 Å². The van der Waals surface area contributed by atoms with Crippen molar-refractivity contribution < 1.29 is 14.4 Å². The third-order valence-corrected chi connectivity index (χ3v) is 8.35. The number of hydrogen-bond acceptors (Lipinski definition) is 4. The average molecular weight is 430 g/mol. The fourth-order valence-corrected chi connectivity index (χ4v) is 5.57. The number of carbonyl (C=O) groups excluding carboxylic acids is 1. The monoisotopic (exact) mass is 429 g/mol. The predicted octanol–water partition coefficient (Wildman–Crippen LogP) is 6.85. The molecule has 2 aliphatic rings.